The van der Waals surface area contributed by atoms with Crippen molar-refractivity contribution < 1.29 is 9.18 Å². The normalized spacial score (nSPS) is 9.88. The number of hydrogen-bond donors (Lipinski definition) is 2. The van der Waals surface area contributed by atoms with Gasteiger partial charge in [0.25, 0.3) is 0 Å². The van der Waals surface area contributed by atoms with Crippen molar-refractivity contribution in [2.75, 3.05) is 18.4 Å². The highest BCUT2D eigenvalue weighted by Crippen LogP contribution is 2.07. The van der Waals surface area contributed by atoms with Gasteiger partial charge in [-0.2, -0.15) is 0 Å². The molecule has 0 fully saturated rings. The first-order valence-electron chi connectivity index (χ1n) is 4.98. The Labute approximate surface area is 94.4 Å². The average Bonchev–Trinajstić information content (AvgIpc) is 2.21. The zero-order valence-electron chi connectivity index (χ0n) is 9.22. The van der Waals surface area contributed by atoms with Crippen LogP contribution < -0.4 is 10.6 Å². The van der Waals surface area contributed by atoms with E-state index in [-0.39, 0.29) is 18.3 Å². The first kappa shape index (κ1) is 12.4. The molecule has 1 amide bonds. The summed E-state index contributed by atoms with van der Waals surface area (Å²) in [6.07, 6.45) is 0. The lowest BCUT2D eigenvalue weighted by molar-refractivity contribution is -0.115. The summed E-state index contributed by atoms with van der Waals surface area (Å²) in [6, 6.07) is 5.64. The molecular weight excluding hydrogens is 207 g/mol. The quantitative estimate of drug-likeness (QED) is 0.747. The molecule has 4 heteroatoms. The summed E-state index contributed by atoms with van der Waals surface area (Å²) in [5, 5.41) is 5.58. The number of benzene rings is 1. The van der Waals surface area contributed by atoms with Crippen molar-refractivity contribution >= 4 is 11.6 Å². The van der Waals surface area contributed by atoms with Gasteiger partial charge in [-0.05, 0) is 31.2 Å². The summed E-state index contributed by atoms with van der Waals surface area (Å²) in [4.78, 5) is 11.4. The highest BCUT2D eigenvalue weighted by Gasteiger charge is 2.01. The van der Waals surface area contributed by atoms with E-state index in [4.69, 9.17) is 0 Å². The monoisotopic (exact) mass is 222 g/mol. The maximum Gasteiger partial charge on any atom is 0.238 e. The molecule has 0 aliphatic heterocycles. The minimum absolute atomic E-state index is 0.159. The maximum absolute atomic E-state index is 12.6. The Kier molecular flexibility index (Phi) is 4.66. The number of carbonyl (C=O) groups is 1. The van der Waals surface area contributed by atoms with Crippen molar-refractivity contribution in [1.29, 1.82) is 0 Å². The molecule has 1 aromatic carbocycles. The maximum atomic E-state index is 12.6. The molecule has 0 bridgehead atoms. The van der Waals surface area contributed by atoms with E-state index in [1.807, 2.05) is 6.92 Å². The van der Waals surface area contributed by atoms with Gasteiger partial charge in [0.15, 0.2) is 0 Å². The molecule has 1 rings (SSSR count). The fourth-order valence-corrected chi connectivity index (χ4v) is 1.13. The molecule has 0 saturated heterocycles. The molecule has 1 aromatic rings. The van der Waals surface area contributed by atoms with E-state index in [0.29, 0.717) is 12.2 Å². The van der Waals surface area contributed by atoms with Crippen LogP contribution in [0.15, 0.2) is 36.4 Å². The van der Waals surface area contributed by atoms with Gasteiger partial charge >= 0.3 is 0 Å². The van der Waals surface area contributed by atoms with Gasteiger partial charge in [0.2, 0.25) is 5.91 Å². The van der Waals surface area contributed by atoms with Crippen LogP contribution in [0.3, 0.4) is 0 Å². The van der Waals surface area contributed by atoms with Gasteiger partial charge in [-0.3, -0.25) is 4.79 Å². The summed E-state index contributed by atoms with van der Waals surface area (Å²) in [5.41, 5.74) is 1.55. The summed E-state index contributed by atoms with van der Waals surface area (Å²) >= 11 is 0. The molecule has 0 heterocycles. The van der Waals surface area contributed by atoms with Crippen LogP contribution in [0.5, 0.6) is 0 Å². The van der Waals surface area contributed by atoms with Gasteiger partial charge in [-0.1, -0.05) is 12.2 Å². The topological polar surface area (TPSA) is 41.1 Å². The lowest BCUT2D eigenvalue weighted by Crippen LogP contribution is -2.28. The van der Waals surface area contributed by atoms with Crippen LogP contribution in [0.4, 0.5) is 10.1 Å². The third-order valence-corrected chi connectivity index (χ3v) is 1.84. The van der Waals surface area contributed by atoms with Crippen LogP contribution in [-0.2, 0) is 4.79 Å². The van der Waals surface area contributed by atoms with Gasteiger partial charge in [0, 0.05) is 12.2 Å². The molecule has 0 saturated carbocycles. The molecule has 0 aliphatic carbocycles. The summed E-state index contributed by atoms with van der Waals surface area (Å²) in [5.74, 6) is -0.480. The molecule has 16 heavy (non-hydrogen) atoms. The number of halogens is 1. The fraction of sp³-hybridized carbons (Fsp3) is 0.250. The van der Waals surface area contributed by atoms with E-state index in [1.54, 1.807) is 0 Å². The van der Waals surface area contributed by atoms with Crippen molar-refractivity contribution in [1.82, 2.24) is 5.32 Å². The van der Waals surface area contributed by atoms with Gasteiger partial charge in [-0.15, -0.1) is 0 Å². The molecule has 0 unspecified atom stereocenters. The van der Waals surface area contributed by atoms with E-state index < -0.39 is 0 Å². The van der Waals surface area contributed by atoms with Crippen molar-refractivity contribution in [3.05, 3.63) is 42.2 Å². The fourth-order valence-electron chi connectivity index (χ4n) is 1.13. The number of hydrogen-bond acceptors (Lipinski definition) is 2. The van der Waals surface area contributed by atoms with E-state index in [9.17, 15) is 9.18 Å². The van der Waals surface area contributed by atoms with Crippen LogP contribution in [0, 0.1) is 5.82 Å². The minimum atomic E-state index is -0.321. The average molecular weight is 222 g/mol. The second kappa shape index (κ2) is 6.02. The SMILES string of the molecule is C=C(C)CNCC(=O)Nc1ccc(F)cc1. The van der Waals surface area contributed by atoms with E-state index in [2.05, 4.69) is 17.2 Å². The second-order valence-electron chi connectivity index (χ2n) is 3.62. The molecule has 86 valence electrons. The van der Waals surface area contributed by atoms with Crippen molar-refractivity contribution in [3.63, 3.8) is 0 Å². The summed E-state index contributed by atoms with van der Waals surface area (Å²) in [6.45, 7) is 6.41. The smallest absolute Gasteiger partial charge is 0.238 e. The van der Waals surface area contributed by atoms with Crippen LogP contribution in [0.1, 0.15) is 6.92 Å². The van der Waals surface area contributed by atoms with Crippen LogP contribution in [-0.4, -0.2) is 19.0 Å². The van der Waals surface area contributed by atoms with Gasteiger partial charge in [0.1, 0.15) is 5.82 Å². The zero-order chi connectivity index (χ0) is 12.0. The molecule has 2 N–H and O–H groups in total. The number of amides is 1. The van der Waals surface area contributed by atoms with Gasteiger partial charge in [-0.25, -0.2) is 4.39 Å². The summed E-state index contributed by atoms with van der Waals surface area (Å²) in [7, 11) is 0. The molecule has 0 radical (unpaired) electrons. The second-order valence-corrected chi connectivity index (χ2v) is 3.62. The van der Waals surface area contributed by atoms with E-state index >= 15 is 0 Å². The Bertz CT molecular complexity index is 373. The standard InChI is InChI=1S/C12H15FN2O/c1-9(2)7-14-8-12(16)15-11-5-3-10(13)4-6-11/h3-6,14H,1,7-8H2,2H3,(H,15,16). The first-order valence-corrected chi connectivity index (χ1v) is 4.98. The molecule has 0 atom stereocenters. The lowest BCUT2D eigenvalue weighted by atomic mass is 10.3. The van der Waals surface area contributed by atoms with Crippen LogP contribution in [0.25, 0.3) is 0 Å². The summed E-state index contributed by atoms with van der Waals surface area (Å²) < 4.78 is 12.6. The molecular formula is C12H15FN2O. The van der Waals surface area contributed by atoms with Gasteiger partial charge < -0.3 is 10.6 Å². The Balaban J connectivity index is 2.34. The number of rotatable bonds is 5. The van der Waals surface area contributed by atoms with Crippen molar-refractivity contribution in [3.8, 4) is 0 Å². The highest BCUT2D eigenvalue weighted by molar-refractivity contribution is 5.92. The minimum Gasteiger partial charge on any atom is -0.325 e. The Hall–Kier alpha value is -1.68. The third kappa shape index (κ3) is 4.70. The van der Waals surface area contributed by atoms with Gasteiger partial charge in [0.05, 0.1) is 6.54 Å². The number of carbonyl (C=O) groups excluding carboxylic acids is 1. The van der Waals surface area contributed by atoms with Crippen LogP contribution >= 0.6 is 0 Å². The molecule has 0 aliphatic rings. The largest absolute Gasteiger partial charge is 0.325 e. The molecule has 0 spiro atoms. The molecule has 0 aromatic heterocycles. The van der Waals surface area contributed by atoms with E-state index in [1.165, 1.54) is 24.3 Å². The number of nitrogens with one attached hydrogen (secondary N) is 2. The Morgan fingerprint density at radius 2 is 1.94 bits per heavy atom. The zero-order valence-corrected chi connectivity index (χ0v) is 9.22. The molecule has 3 nitrogen and oxygen atoms in total. The Morgan fingerprint density at radius 3 is 2.50 bits per heavy atom. The van der Waals surface area contributed by atoms with Crippen molar-refractivity contribution in [2.45, 2.75) is 6.92 Å². The Morgan fingerprint density at radius 1 is 1.31 bits per heavy atom. The van der Waals surface area contributed by atoms with E-state index in [0.717, 1.165) is 5.57 Å². The highest BCUT2D eigenvalue weighted by atomic mass is 19.1. The predicted molar refractivity (Wildman–Crippen MR) is 62.7 cm³/mol. The van der Waals surface area contributed by atoms with Crippen molar-refractivity contribution in [2.24, 2.45) is 0 Å². The lowest BCUT2D eigenvalue weighted by Gasteiger charge is -2.06. The first-order chi connectivity index (χ1) is 7.58. The number of anilines is 1. The van der Waals surface area contributed by atoms with Crippen LogP contribution in [0.2, 0.25) is 0 Å². The third-order valence-electron chi connectivity index (χ3n) is 1.84. The predicted octanol–water partition coefficient (Wildman–Crippen LogP) is 1.93.